The van der Waals surface area contributed by atoms with E-state index >= 15 is 0 Å². The average molecular weight is 556 g/mol. The lowest BCUT2D eigenvalue weighted by Crippen LogP contribution is -2.56. The Kier molecular flexibility index (Phi) is 15.5. The highest BCUT2D eigenvalue weighted by Gasteiger charge is 2.31. The summed E-state index contributed by atoms with van der Waals surface area (Å²) in [5.74, 6) is -2.80. The number of urea groups is 1. The molecule has 13 nitrogen and oxygen atoms in total. The van der Waals surface area contributed by atoms with Gasteiger partial charge in [-0.1, -0.05) is 38.1 Å². The van der Waals surface area contributed by atoms with Gasteiger partial charge in [0.1, 0.15) is 37.5 Å². The predicted octanol–water partition coefficient (Wildman–Crippen LogP) is 1.16. The smallest absolute Gasteiger partial charge is 0.330 e. The molecule has 0 aliphatic heterocycles. The zero-order valence-electron chi connectivity index (χ0n) is 21.4. The lowest BCUT2D eigenvalue weighted by molar-refractivity contribution is -0.145. The van der Waals surface area contributed by atoms with Gasteiger partial charge in [-0.25, -0.2) is 24.0 Å². The molecule has 0 radical (unpaired) electrons. The van der Waals surface area contributed by atoms with Crippen molar-refractivity contribution in [3.63, 3.8) is 0 Å². The molecule has 0 fully saturated rings. The molecule has 0 saturated carbocycles. The Bertz CT molecular complexity index is 812. The summed E-state index contributed by atoms with van der Waals surface area (Å²) in [6, 6.07) is -0.685. The zero-order valence-corrected chi connectivity index (χ0v) is 22.2. The Balaban J connectivity index is 4.87. The highest BCUT2D eigenvalue weighted by molar-refractivity contribution is 8.13. The number of carbonyl (C=O) groups is 6. The molecule has 0 aromatic carbocycles. The number of hydrogen-bond donors (Lipinski definition) is 3. The van der Waals surface area contributed by atoms with Gasteiger partial charge in [-0.3, -0.25) is 4.79 Å². The SMILES string of the molecule is C=CC(=O)OCC(C)(COC(=O)C=C)NC(=O)NCCSC(=O)NC(C)(COC(=O)C=C)COC(=O)C=C. The van der Waals surface area contributed by atoms with Crippen molar-refractivity contribution in [3.05, 3.63) is 50.6 Å². The van der Waals surface area contributed by atoms with Crippen molar-refractivity contribution >= 4 is 46.9 Å². The van der Waals surface area contributed by atoms with Crippen LogP contribution in [-0.4, -0.2) is 85.0 Å². The molecule has 38 heavy (non-hydrogen) atoms. The Hall–Kier alpha value is -4.07. The standard InChI is InChI=1S/C24H33N3O10S/c1-7-17(28)34-13-23(5,14-35-18(29)8-2)26-21(32)25-11-12-38-22(33)27-24(6,15-36-19(30)9-3)16-37-20(31)10-4/h7-10H,1-4,11-16H2,5-6H3,(H,27,33)(H2,25,26,32). The van der Waals surface area contributed by atoms with Crippen molar-refractivity contribution in [2.75, 3.05) is 38.7 Å². The van der Waals surface area contributed by atoms with E-state index in [9.17, 15) is 28.8 Å². The van der Waals surface area contributed by atoms with Gasteiger partial charge in [0.15, 0.2) is 0 Å². The van der Waals surface area contributed by atoms with Gasteiger partial charge in [-0.15, -0.1) is 0 Å². The second-order valence-corrected chi connectivity index (χ2v) is 9.08. The summed E-state index contributed by atoms with van der Waals surface area (Å²) < 4.78 is 19.9. The maximum atomic E-state index is 12.4. The fourth-order valence-corrected chi connectivity index (χ4v) is 3.00. The summed E-state index contributed by atoms with van der Waals surface area (Å²) in [6.07, 6.45) is 3.77. The summed E-state index contributed by atoms with van der Waals surface area (Å²) in [5.41, 5.74) is -2.53. The molecule has 0 unspecified atom stereocenters. The first kappa shape index (κ1) is 33.9. The first-order chi connectivity index (χ1) is 17.8. The van der Waals surface area contributed by atoms with Gasteiger partial charge in [0.05, 0.1) is 0 Å². The van der Waals surface area contributed by atoms with Crippen molar-refractivity contribution < 1.29 is 47.7 Å². The Morgan fingerprint density at radius 2 is 1.00 bits per heavy atom. The van der Waals surface area contributed by atoms with E-state index in [0.717, 1.165) is 36.1 Å². The molecule has 0 aliphatic rings. The zero-order chi connectivity index (χ0) is 29.2. The maximum Gasteiger partial charge on any atom is 0.330 e. The third-order valence-corrected chi connectivity index (χ3v) is 5.01. The number of thioether (sulfide) groups is 1. The molecule has 0 rings (SSSR count). The third-order valence-electron chi connectivity index (χ3n) is 4.24. The molecule has 0 aromatic rings. The molecule has 3 amide bonds. The summed E-state index contributed by atoms with van der Waals surface area (Å²) in [4.78, 5) is 70.4. The molecule has 0 bridgehead atoms. The van der Waals surface area contributed by atoms with Crippen LogP contribution in [0.3, 0.4) is 0 Å². The second kappa shape index (κ2) is 17.4. The fourth-order valence-electron chi connectivity index (χ4n) is 2.29. The van der Waals surface area contributed by atoms with E-state index in [1.807, 2.05) is 0 Å². The monoisotopic (exact) mass is 555 g/mol. The Morgan fingerprint density at radius 1 is 0.658 bits per heavy atom. The van der Waals surface area contributed by atoms with Crippen LogP contribution in [0.15, 0.2) is 50.6 Å². The lowest BCUT2D eigenvalue weighted by atomic mass is 10.1. The maximum absolute atomic E-state index is 12.4. The van der Waals surface area contributed by atoms with Crippen LogP contribution in [0.5, 0.6) is 0 Å². The van der Waals surface area contributed by atoms with Crippen molar-refractivity contribution in [2.24, 2.45) is 0 Å². The minimum Gasteiger partial charge on any atom is -0.460 e. The van der Waals surface area contributed by atoms with E-state index in [2.05, 4.69) is 42.3 Å². The Morgan fingerprint density at radius 3 is 1.34 bits per heavy atom. The number of rotatable bonds is 17. The lowest BCUT2D eigenvalue weighted by Gasteiger charge is -2.29. The Labute approximate surface area is 225 Å². The fraction of sp³-hybridized carbons (Fsp3) is 0.417. The summed E-state index contributed by atoms with van der Waals surface area (Å²) in [7, 11) is 0. The second-order valence-electron chi connectivity index (χ2n) is 8.01. The van der Waals surface area contributed by atoms with Crippen molar-refractivity contribution in [3.8, 4) is 0 Å². The van der Waals surface area contributed by atoms with Crippen LogP contribution in [0.2, 0.25) is 0 Å². The van der Waals surface area contributed by atoms with Gasteiger partial charge in [0.25, 0.3) is 5.24 Å². The van der Waals surface area contributed by atoms with E-state index in [1.54, 1.807) is 0 Å². The molecule has 210 valence electrons. The largest absolute Gasteiger partial charge is 0.460 e. The van der Waals surface area contributed by atoms with Crippen molar-refractivity contribution in [1.29, 1.82) is 0 Å². The summed E-state index contributed by atoms with van der Waals surface area (Å²) in [5, 5.41) is 7.13. The molecular formula is C24H33N3O10S. The molecule has 0 spiro atoms. The van der Waals surface area contributed by atoms with Gasteiger partial charge in [-0.2, -0.15) is 0 Å². The minimum absolute atomic E-state index is 0.0342. The number of nitrogens with one attached hydrogen (secondary N) is 3. The number of amides is 3. The van der Waals surface area contributed by atoms with Gasteiger partial charge in [0, 0.05) is 36.6 Å². The number of carbonyl (C=O) groups excluding carboxylic acids is 6. The van der Waals surface area contributed by atoms with Gasteiger partial charge in [0.2, 0.25) is 0 Å². The van der Waals surface area contributed by atoms with Crippen LogP contribution < -0.4 is 16.0 Å². The number of esters is 4. The molecule has 0 saturated heterocycles. The average Bonchev–Trinajstić information content (AvgIpc) is 2.90. The van der Waals surface area contributed by atoms with Crippen LogP contribution in [0.4, 0.5) is 9.59 Å². The van der Waals surface area contributed by atoms with Crippen LogP contribution >= 0.6 is 11.8 Å². The van der Waals surface area contributed by atoms with E-state index in [1.165, 1.54) is 13.8 Å². The quantitative estimate of drug-likeness (QED) is 0.102. The minimum atomic E-state index is -1.28. The van der Waals surface area contributed by atoms with Gasteiger partial charge in [-0.05, 0) is 13.8 Å². The third kappa shape index (κ3) is 15.1. The van der Waals surface area contributed by atoms with E-state index < -0.39 is 46.2 Å². The molecular weight excluding hydrogens is 522 g/mol. The van der Waals surface area contributed by atoms with Crippen LogP contribution in [0.1, 0.15) is 13.8 Å². The first-order valence-electron chi connectivity index (χ1n) is 11.0. The van der Waals surface area contributed by atoms with Crippen molar-refractivity contribution in [1.82, 2.24) is 16.0 Å². The summed E-state index contributed by atoms with van der Waals surface area (Å²) >= 11 is 0.803. The van der Waals surface area contributed by atoms with E-state index in [4.69, 9.17) is 18.9 Å². The molecule has 14 heteroatoms. The van der Waals surface area contributed by atoms with Crippen molar-refractivity contribution in [2.45, 2.75) is 24.9 Å². The van der Waals surface area contributed by atoms with Crippen LogP contribution in [0.25, 0.3) is 0 Å². The van der Waals surface area contributed by atoms with Crippen LogP contribution in [0, 0.1) is 0 Å². The highest BCUT2D eigenvalue weighted by Crippen LogP contribution is 2.12. The van der Waals surface area contributed by atoms with Crippen LogP contribution in [-0.2, 0) is 38.1 Å². The normalized spacial score (nSPS) is 10.6. The van der Waals surface area contributed by atoms with E-state index in [0.29, 0.717) is 0 Å². The summed E-state index contributed by atoms with van der Waals surface area (Å²) in [6.45, 7) is 14.9. The highest BCUT2D eigenvalue weighted by atomic mass is 32.2. The topological polar surface area (TPSA) is 175 Å². The molecule has 0 atom stereocenters. The van der Waals surface area contributed by atoms with E-state index in [-0.39, 0.29) is 38.7 Å². The van der Waals surface area contributed by atoms with Gasteiger partial charge >= 0.3 is 29.9 Å². The predicted molar refractivity (Wildman–Crippen MR) is 139 cm³/mol. The number of ether oxygens (including phenoxy) is 4. The number of hydrogen-bond acceptors (Lipinski definition) is 11. The molecule has 3 N–H and O–H groups in total. The molecule has 0 heterocycles. The first-order valence-corrected chi connectivity index (χ1v) is 12.0. The molecule has 0 aromatic heterocycles. The molecule has 0 aliphatic carbocycles. The van der Waals surface area contributed by atoms with Gasteiger partial charge < -0.3 is 34.9 Å².